The molecule has 160 valence electrons. The molecule has 0 aliphatic rings. The molecule has 0 saturated carbocycles. The van der Waals surface area contributed by atoms with Crippen molar-refractivity contribution in [3.8, 4) is 23.0 Å². The summed E-state index contributed by atoms with van der Waals surface area (Å²) >= 11 is 0. The van der Waals surface area contributed by atoms with E-state index in [2.05, 4.69) is 0 Å². The second kappa shape index (κ2) is 11.7. The maximum atomic E-state index is 10.4. The van der Waals surface area contributed by atoms with Crippen LogP contribution in [0, 0.1) is 0 Å². The van der Waals surface area contributed by atoms with E-state index in [4.69, 9.17) is 42.1 Å². The molecule has 10 nitrogen and oxygen atoms in total. The Balaban J connectivity index is 0.000000523. The van der Waals surface area contributed by atoms with E-state index in [0.29, 0.717) is 11.1 Å². The quantitative estimate of drug-likeness (QED) is 0.231. The number of phenolic OH excluding ortho intramolecular Hbond substituents is 4. The maximum Gasteiger partial charge on any atom is 0.320 e. The maximum absolute atomic E-state index is 10.4. The van der Waals surface area contributed by atoms with Crippen molar-refractivity contribution in [1.29, 1.82) is 0 Å². The third kappa shape index (κ3) is 8.65. The van der Waals surface area contributed by atoms with Crippen molar-refractivity contribution >= 4 is 21.8 Å². The number of phenols is 4. The van der Waals surface area contributed by atoms with E-state index < -0.39 is 24.0 Å². The highest BCUT2D eigenvalue weighted by Crippen LogP contribution is 2.26. The summed E-state index contributed by atoms with van der Waals surface area (Å²) in [6, 6.07) is 6.18. The Morgan fingerprint density at radius 1 is 0.690 bits per heavy atom. The molecule has 0 heterocycles. The fourth-order valence-corrected chi connectivity index (χ4v) is 2.07. The van der Waals surface area contributed by atoms with Gasteiger partial charge in [-0.2, -0.15) is 9.90 Å². The molecule has 10 N–H and O–H groups in total. The normalized spacial score (nSPS) is 11.9. The molecule has 1 unspecified atom stereocenters. The molecule has 0 radical (unpaired) electrons. The first-order valence-corrected chi connectivity index (χ1v) is 7.99. The number of rotatable bonds is 6. The van der Waals surface area contributed by atoms with E-state index in [1.807, 2.05) is 0 Å². The van der Waals surface area contributed by atoms with Crippen LogP contribution in [0.1, 0.15) is 11.1 Å². The highest BCUT2D eigenvalue weighted by Gasteiger charge is 2.13. The second-order valence-electron chi connectivity index (χ2n) is 5.94. The van der Waals surface area contributed by atoms with Gasteiger partial charge in [-0.05, 0) is 48.2 Å². The minimum absolute atomic E-state index is 0. The van der Waals surface area contributed by atoms with Gasteiger partial charge in [0.2, 0.25) is 0 Å². The average molecular weight is 428 g/mol. The summed E-state index contributed by atoms with van der Waals surface area (Å²) in [4.78, 5) is 20.8. The lowest BCUT2D eigenvalue weighted by atomic mass is 10.1. The number of carboxylic acid groups (broad SMARTS) is 2. The Morgan fingerprint density at radius 3 is 1.24 bits per heavy atom. The van der Waals surface area contributed by atoms with Crippen molar-refractivity contribution in [2.45, 2.75) is 24.9 Å². The standard InChI is InChI=1S/2C9H11NO4.H3P/c2*10-6(9(13)14)3-5-1-2-7(11)8(12)4-5;/h2*1-2,4,6,11-12H,3,10H2,(H,13,14);1H3/t2*6-;/m00./s1. The van der Waals surface area contributed by atoms with E-state index in [-0.39, 0.29) is 45.7 Å². The van der Waals surface area contributed by atoms with Crippen LogP contribution < -0.4 is 11.5 Å². The Bertz CT molecular complexity index is 777. The number of aromatic hydroxyl groups is 4. The zero-order valence-electron chi connectivity index (χ0n) is 15.4. The Hall–Kier alpha value is -3.07. The van der Waals surface area contributed by atoms with Crippen molar-refractivity contribution in [1.82, 2.24) is 0 Å². The van der Waals surface area contributed by atoms with Gasteiger partial charge in [-0.3, -0.25) is 9.59 Å². The van der Waals surface area contributed by atoms with Gasteiger partial charge in [-0.25, -0.2) is 0 Å². The molecule has 0 amide bonds. The molecular weight excluding hydrogens is 403 g/mol. The number of carbonyl (C=O) groups is 2. The largest absolute Gasteiger partial charge is 0.504 e. The Labute approximate surface area is 169 Å². The average Bonchev–Trinajstić information content (AvgIpc) is 2.61. The summed E-state index contributed by atoms with van der Waals surface area (Å²) in [7, 11) is 0. The molecule has 11 heteroatoms. The molecule has 3 atom stereocenters. The van der Waals surface area contributed by atoms with Crippen LogP contribution in [-0.2, 0) is 22.4 Å². The molecule has 0 bridgehead atoms. The van der Waals surface area contributed by atoms with Crippen LogP contribution in [0.4, 0.5) is 0 Å². The summed E-state index contributed by atoms with van der Waals surface area (Å²) in [5, 5.41) is 53.3. The van der Waals surface area contributed by atoms with Crippen molar-refractivity contribution in [3.05, 3.63) is 47.5 Å². The van der Waals surface area contributed by atoms with Crippen molar-refractivity contribution < 1.29 is 40.2 Å². The van der Waals surface area contributed by atoms with Crippen molar-refractivity contribution in [2.24, 2.45) is 11.5 Å². The van der Waals surface area contributed by atoms with E-state index in [1.165, 1.54) is 36.4 Å². The van der Waals surface area contributed by atoms with Crippen LogP contribution in [0.3, 0.4) is 0 Å². The van der Waals surface area contributed by atoms with E-state index in [1.54, 1.807) is 0 Å². The zero-order chi connectivity index (χ0) is 21.4. The molecule has 0 aromatic heterocycles. The third-order valence-electron chi connectivity index (χ3n) is 3.63. The van der Waals surface area contributed by atoms with Crippen LogP contribution in [0.25, 0.3) is 0 Å². The number of nitrogens with two attached hydrogens (primary N) is 2. The first-order chi connectivity index (χ1) is 13.0. The first kappa shape index (κ1) is 25.9. The van der Waals surface area contributed by atoms with Gasteiger partial charge in [0.1, 0.15) is 12.1 Å². The number of hydrogen-bond acceptors (Lipinski definition) is 8. The highest BCUT2D eigenvalue weighted by atomic mass is 31.0. The summed E-state index contributed by atoms with van der Waals surface area (Å²) in [5.41, 5.74) is 11.7. The third-order valence-corrected chi connectivity index (χ3v) is 3.63. The van der Waals surface area contributed by atoms with Crippen LogP contribution in [-0.4, -0.2) is 54.7 Å². The zero-order valence-corrected chi connectivity index (χ0v) is 16.8. The van der Waals surface area contributed by atoms with Gasteiger partial charge >= 0.3 is 11.9 Å². The SMILES string of the molecule is N[C@@H](Cc1ccc(O)c(O)c1)C(=O)O.N[C@@H](Cc1ccc(O)c(O)c1)C(=O)O.P. The molecule has 0 aliphatic heterocycles. The molecule has 0 spiro atoms. The van der Waals surface area contributed by atoms with Gasteiger partial charge in [0, 0.05) is 0 Å². The summed E-state index contributed by atoms with van der Waals surface area (Å²) < 4.78 is 0. The Morgan fingerprint density at radius 2 is 1.00 bits per heavy atom. The fraction of sp³-hybridized carbons (Fsp3) is 0.222. The molecule has 2 aromatic rings. The highest BCUT2D eigenvalue weighted by molar-refractivity contribution is 6.92. The summed E-state index contributed by atoms with van der Waals surface area (Å²) in [5.74, 6) is -3.23. The van der Waals surface area contributed by atoms with Crippen LogP contribution in [0.5, 0.6) is 23.0 Å². The number of carboxylic acids is 2. The molecule has 0 fully saturated rings. The lowest BCUT2D eigenvalue weighted by molar-refractivity contribution is -0.139. The fourth-order valence-electron chi connectivity index (χ4n) is 2.07. The Kier molecular flexibility index (Phi) is 10.5. The van der Waals surface area contributed by atoms with Gasteiger partial charge in [-0.1, -0.05) is 12.1 Å². The van der Waals surface area contributed by atoms with Gasteiger partial charge in [0.05, 0.1) is 0 Å². The van der Waals surface area contributed by atoms with Crippen molar-refractivity contribution in [3.63, 3.8) is 0 Å². The molecule has 2 rings (SSSR count). The molecule has 0 aliphatic carbocycles. The predicted molar refractivity (Wildman–Crippen MR) is 109 cm³/mol. The van der Waals surface area contributed by atoms with Crippen LogP contribution in [0.2, 0.25) is 0 Å². The van der Waals surface area contributed by atoms with Gasteiger partial charge in [-0.15, -0.1) is 0 Å². The van der Waals surface area contributed by atoms with Gasteiger partial charge < -0.3 is 42.1 Å². The summed E-state index contributed by atoms with van der Waals surface area (Å²) in [6.07, 6.45) is 0.229. The molecule has 29 heavy (non-hydrogen) atoms. The molecular formula is C18H25N2O8P. The topological polar surface area (TPSA) is 208 Å². The van der Waals surface area contributed by atoms with E-state index in [0.717, 1.165) is 0 Å². The second-order valence-corrected chi connectivity index (χ2v) is 5.94. The smallest absolute Gasteiger partial charge is 0.320 e. The van der Waals surface area contributed by atoms with E-state index in [9.17, 15) is 9.59 Å². The predicted octanol–water partition coefficient (Wildman–Crippen LogP) is 0.162. The van der Waals surface area contributed by atoms with Crippen LogP contribution >= 0.6 is 9.90 Å². The number of hydrogen-bond donors (Lipinski definition) is 8. The number of aliphatic carboxylic acids is 2. The van der Waals surface area contributed by atoms with Crippen LogP contribution in [0.15, 0.2) is 36.4 Å². The van der Waals surface area contributed by atoms with Gasteiger partial charge in [0.25, 0.3) is 0 Å². The van der Waals surface area contributed by atoms with E-state index >= 15 is 0 Å². The minimum Gasteiger partial charge on any atom is -0.504 e. The molecule has 0 saturated heterocycles. The number of benzene rings is 2. The lowest BCUT2D eigenvalue weighted by Crippen LogP contribution is -2.32. The minimum atomic E-state index is -1.10. The summed E-state index contributed by atoms with van der Waals surface area (Å²) in [6.45, 7) is 0. The lowest BCUT2D eigenvalue weighted by Gasteiger charge is -2.06. The monoisotopic (exact) mass is 428 g/mol. The van der Waals surface area contributed by atoms with Crippen molar-refractivity contribution in [2.75, 3.05) is 0 Å². The first-order valence-electron chi connectivity index (χ1n) is 7.99. The molecule has 2 aromatic carbocycles. The van der Waals surface area contributed by atoms with Gasteiger partial charge in [0.15, 0.2) is 23.0 Å².